The predicted molar refractivity (Wildman–Crippen MR) is 92.2 cm³/mol. The molecule has 2 aromatic rings. The van der Waals surface area contributed by atoms with Gasteiger partial charge in [-0.3, -0.25) is 4.79 Å². The van der Waals surface area contributed by atoms with Crippen LogP contribution in [0.5, 0.6) is 11.5 Å². The maximum atomic E-state index is 12.4. The highest BCUT2D eigenvalue weighted by atomic mass is 16.5. The van der Waals surface area contributed by atoms with Gasteiger partial charge in [0.1, 0.15) is 11.5 Å². The average molecular weight is 314 g/mol. The molecule has 2 aromatic carbocycles. The number of rotatable bonds is 7. The number of hydrogen-bond donors (Lipinski definition) is 2. The molecule has 0 aromatic heterocycles. The molecule has 0 fully saturated rings. The monoisotopic (exact) mass is 314 g/mol. The Balaban J connectivity index is 2.11. The second-order valence-electron chi connectivity index (χ2n) is 5.14. The second kappa shape index (κ2) is 8.08. The molecule has 122 valence electrons. The van der Waals surface area contributed by atoms with E-state index in [4.69, 9.17) is 15.2 Å². The van der Waals surface area contributed by atoms with Crippen molar-refractivity contribution in [3.63, 3.8) is 0 Å². The molecule has 0 spiro atoms. The smallest absolute Gasteiger partial charge is 0.255 e. The Morgan fingerprint density at radius 3 is 2.78 bits per heavy atom. The zero-order valence-corrected chi connectivity index (χ0v) is 13.5. The van der Waals surface area contributed by atoms with Gasteiger partial charge in [0, 0.05) is 11.3 Å². The number of nitrogens with two attached hydrogens (primary N) is 1. The number of carbonyl (C=O) groups excluding carboxylic acids is 1. The van der Waals surface area contributed by atoms with Crippen LogP contribution in [0.1, 0.15) is 30.1 Å². The van der Waals surface area contributed by atoms with Crippen LogP contribution in [0, 0.1) is 0 Å². The van der Waals surface area contributed by atoms with Crippen LogP contribution >= 0.6 is 0 Å². The van der Waals surface area contributed by atoms with Crippen molar-refractivity contribution in [3.8, 4) is 11.5 Å². The van der Waals surface area contributed by atoms with Crippen molar-refractivity contribution < 1.29 is 14.3 Å². The summed E-state index contributed by atoms with van der Waals surface area (Å²) in [5.41, 5.74) is 7.37. The number of methoxy groups -OCH3 is 1. The maximum Gasteiger partial charge on any atom is 0.255 e. The Morgan fingerprint density at radius 2 is 2.04 bits per heavy atom. The predicted octanol–water partition coefficient (Wildman–Crippen LogP) is 3.71. The molecular formula is C18H22N2O3. The van der Waals surface area contributed by atoms with Gasteiger partial charge < -0.3 is 20.5 Å². The molecule has 0 heterocycles. The number of nitrogen functional groups attached to an aromatic ring is 1. The van der Waals surface area contributed by atoms with E-state index >= 15 is 0 Å². The molecule has 23 heavy (non-hydrogen) atoms. The van der Waals surface area contributed by atoms with Gasteiger partial charge in [-0.1, -0.05) is 19.4 Å². The Morgan fingerprint density at radius 1 is 1.22 bits per heavy atom. The highest BCUT2D eigenvalue weighted by Crippen LogP contribution is 2.27. The van der Waals surface area contributed by atoms with E-state index in [1.165, 1.54) is 0 Å². The summed E-state index contributed by atoms with van der Waals surface area (Å²) in [7, 11) is 1.55. The molecule has 0 atom stereocenters. The molecule has 0 radical (unpaired) electrons. The molecule has 1 amide bonds. The number of anilines is 2. The number of carbonyl (C=O) groups is 1. The zero-order valence-electron chi connectivity index (χ0n) is 13.5. The lowest BCUT2D eigenvalue weighted by Gasteiger charge is -2.12. The summed E-state index contributed by atoms with van der Waals surface area (Å²) in [4.78, 5) is 12.4. The third-order valence-electron chi connectivity index (χ3n) is 3.33. The van der Waals surface area contributed by atoms with Crippen LogP contribution in [0.15, 0.2) is 42.5 Å². The van der Waals surface area contributed by atoms with Gasteiger partial charge in [0.05, 0.1) is 19.4 Å². The lowest BCUT2D eigenvalue weighted by Crippen LogP contribution is -2.13. The molecule has 0 bridgehead atoms. The van der Waals surface area contributed by atoms with Crippen LogP contribution < -0.4 is 20.5 Å². The lowest BCUT2D eigenvalue weighted by atomic mass is 10.2. The molecule has 0 aliphatic carbocycles. The molecule has 2 rings (SSSR count). The van der Waals surface area contributed by atoms with E-state index in [-0.39, 0.29) is 5.91 Å². The number of unbranched alkanes of at least 4 members (excludes halogenated alkanes) is 1. The normalized spacial score (nSPS) is 10.2. The van der Waals surface area contributed by atoms with Gasteiger partial charge in [-0.05, 0) is 42.8 Å². The molecule has 0 aliphatic heterocycles. The minimum Gasteiger partial charge on any atom is -0.495 e. The zero-order chi connectivity index (χ0) is 16.7. The van der Waals surface area contributed by atoms with E-state index in [0.29, 0.717) is 35.0 Å². The fraction of sp³-hybridized carbons (Fsp3) is 0.278. The first kappa shape index (κ1) is 16.7. The van der Waals surface area contributed by atoms with E-state index in [2.05, 4.69) is 12.2 Å². The Kier molecular flexibility index (Phi) is 5.86. The molecule has 0 unspecified atom stereocenters. The van der Waals surface area contributed by atoms with E-state index in [1.54, 1.807) is 43.5 Å². The minimum atomic E-state index is -0.241. The summed E-state index contributed by atoms with van der Waals surface area (Å²) in [5, 5.41) is 2.81. The largest absolute Gasteiger partial charge is 0.495 e. The van der Waals surface area contributed by atoms with Gasteiger partial charge in [-0.2, -0.15) is 0 Å². The van der Waals surface area contributed by atoms with Crippen molar-refractivity contribution in [1.82, 2.24) is 0 Å². The van der Waals surface area contributed by atoms with E-state index < -0.39 is 0 Å². The third kappa shape index (κ3) is 4.64. The van der Waals surface area contributed by atoms with Crippen molar-refractivity contribution >= 4 is 17.3 Å². The van der Waals surface area contributed by atoms with E-state index in [1.807, 2.05) is 6.07 Å². The van der Waals surface area contributed by atoms with Gasteiger partial charge in [0.25, 0.3) is 5.91 Å². The number of hydrogen-bond acceptors (Lipinski definition) is 4. The highest BCUT2D eigenvalue weighted by molar-refractivity contribution is 6.05. The molecule has 0 aliphatic rings. The molecule has 5 nitrogen and oxygen atoms in total. The lowest BCUT2D eigenvalue weighted by molar-refractivity contribution is 0.102. The van der Waals surface area contributed by atoms with Crippen LogP contribution in [0.4, 0.5) is 11.4 Å². The van der Waals surface area contributed by atoms with Crippen molar-refractivity contribution in [2.45, 2.75) is 19.8 Å². The number of ether oxygens (including phenoxy) is 2. The second-order valence-corrected chi connectivity index (χ2v) is 5.14. The summed E-state index contributed by atoms with van der Waals surface area (Å²) in [6.45, 7) is 2.75. The SMILES string of the molecule is CCCCOc1cccc(C(=O)Nc2cc(N)ccc2OC)c1. The fourth-order valence-corrected chi connectivity index (χ4v) is 2.08. The maximum absolute atomic E-state index is 12.4. The first-order valence-electron chi connectivity index (χ1n) is 7.61. The Hall–Kier alpha value is -2.69. The van der Waals surface area contributed by atoms with Crippen LogP contribution in [0.2, 0.25) is 0 Å². The fourth-order valence-electron chi connectivity index (χ4n) is 2.08. The van der Waals surface area contributed by atoms with Crippen molar-refractivity contribution in [3.05, 3.63) is 48.0 Å². The summed E-state index contributed by atoms with van der Waals surface area (Å²) in [5.74, 6) is 1.00. The van der Waals surface area contributed by atoms with E-state index in [9.17, 15) is 4.79 Å². The average Bonchev–Trinajstić information content (AvgIpc) is 2.55. The first-order valence-corrected chi connectivity index (χ1v) is 7.61. The van der Waals surface area contributed by atoms with Gasteiger partial charge in [0.2, 0.25) is 0 Å². The summed E-state index contributed by atoms with van der Waals surface area (Å²) < 4.78 is 10.9. The molecule has 5 heteroatoms. The molecular weight excluding hydrogens is 292 g/mol. The van der Waals surface area contributed by atoms with Crippen LogP contribution in [-0.4, -0.2) is 19.6 Å². The standard InChI is InChI=1S/C18H22N2O3/c1-3-4-10-23-15-7-5-6-13(11-15)18(21)20-16-12-14(19)8-9-17(16)22-2/h5-9,11-12H,3-4,10,19H2,1-2H3,(H,20,21). The number of benzene rings is 2. The molecule has 0 saturated carbocycles. The topological polar surface area (TPSA) is 73.6 Å². The Bertz CT molecular complexity index is 671. The molecule has 0 saturated heterocycles. The van der Waals surface area contributed by atoms with Gasteiger partial charge in [-0.15, -0.1) is 0 Å². The molecule has 3 N–H and O–H groups in total. The quantitative estimate of drug-likeness (QED) is 0.603. The number of amides is 1. The summed E-state index contributed by atoms with van der Waals surface area (Å²) in [6.07, 6.45) is 2.05. The van der Waals surface area contributed by atoms with Gasteiger partial charge in [0.15, 0.2) is 0 Å². The van der Waals surface area contributed by atoms with Crippen LogP contribution in [0.3, 0.4) is 0 Å². The highest BCUT2D eigenvalue weighted by Gasteiger charge is 2.11. The minimum absolute atomic E-state index is 0.241. The summed E-state index contributed by atoms with van der Waals surface area (Å²) in [6, 6.07) is 12.2. The Labute approximate surface area is 136 Å². The van der Waals surface area contributed by atoms with Crippen molar-refractivity contribution in [2.75, 3.05) is 24.8 Å². The van der Waals surface area contributed by atoms with Crippen LogP contribution in [-0.2, 0) is 0 Å². The van der Waals surface area contributed by atoms with Gasteiger partial charge >= 0.3 is 0 Å². The van der Waals surface area contributed by atoms with Crippen molar-refractivity contribution in [2.24, 2.45) is 0 Å². The first-order chi connectivity index (χ1) is 11.1. The number of nitrogens with one attached hydrogen (secondary N) is 1. The van der Waals surface area contributed by atoms with Crippen LogP contribution in [0.25, 0.3) is 0 Å². The van der Waals surface area contributed by atoms with E-state index in [0.717, 1.165) is 12.8 Å². The summed E-state index contributed by atoms with van der Waals surface area (Å²) >= 11 is 0. The van der Waals surface area contributed by atoms with Gasteiger partial charge in [-0.25, -0.2) is 0 Å². The third-order valence-corrected chi connectivity index (χ3v) is 3.33. The van der Waals surface area contributed by atoms with Crippen molar-refractivity contribution in [1.29, 1.82) is 0 Å².